The fraction of sp³-hybridized carbons (Fsp3) is 0. The fourth-order valence-electron chi connectivity index (χ4n) is 7.28. The topological polar surface area (TPSA) is 19.6 Å². The molecule has 1 aromatic heterocycles. The molecule has 0 N–H and O–H groups in total. The summed E-state index contributed by atoms with van der Waals surface area (Å²) >= 11 is 1.82. The van der Waals surface area contributed by atoms with Gasteiger partial charge in [0.25, 0.3) is 0 Å². The molecule has 1 aliphatic heterocycles. The van der Waals surface area contributed by atoms with Gasteiger partial charge in [0.1, 0.15) is 11.2 Å². The zero-order chi connectivity index (χ0) is 33.0. The van der Waals surface area contributed by atoms with Crippen LogP contribution in [0.5, 0.6) is 0 Å². The zero-order valence-corrected chi connectivity index (χ0v) is 27.8. The summed E-state index contributed by atoms with van der Waals surface area (Å²) in [7, 11) is 0. The second-order valence-corrected chi connectivity index (χ2v) is 13.7. The van der Waals surface area contributed by atoms with Gasteiger partial charge in [0, 0.05) is 49.1 Å². The normalized spacial score (nSPS) is 12.3. The number of anilines is 6. The van der Waals surface area contributed by atoms with E-state index in [1.165, 1.54) is 31.7 Å². The van der Waals surface area contributed by atoms with E-state index in [-0.39, 0.29) is 0 Å². The van der Waals surface area contributed by atoms with Crippen molar-refractivity contribution >= 4 is 78.6 Å². The highest BCUT2D eigenvalue weighted by atomic mass is 32.2. The van der Waals surface area contributed by atoms with Crippen molar-refractivity contribution < 1.29 is 4.42 Å². The van der Waals surface area contributed by atoms with E-state index in [2.05, 4.69) is 180 Å². The number of rotatable bonds is 5. The first-order chi connectivity index (χ1) is 24.8. The molecule has 0 unspecified atom stereocenters. The van der Waals surface area contributed by atoms with Gasteiger partial charge in [0.15, 0.2) is 0 Å². The minimum atomic E-state index is 0.888. The molecule has 4 heteroatoms. The van der Waals surface area contributed by atoms with Crippen LogP contribution >= 0.6 is 11.8 Å². The Labute approximate surface area is 294 Å². The fourth-order valence-corrected chi connectivity index (χ4v) is 8.37. The van der Waals surface area contributed by atoms with Crippen molar-refractivity contribution in [3.63, 3.8) is 0 Å². The van der Waals surface area contributed by atoms with Crippen molar-refractivity contribution in [1.82, 2.24) is 0 Å². The summed E-state index contributed by atoms with van der Waals surface area (Å²) in [6.45, 7) is 0. The molecule has 0 fully saturated rings. The molecule has 0 saturated carbocycles. The lowest BCUT2D eigenvalue weighted by molar-refractivity contribution is 0.669. The Morgan fingerprint density at radius 3 is 2.02 bits per heavy atom. The third-order valence-corrected chi connectivity index (χ3v) is 10.7. The summed E-state index contributed by atoms with van der Waals surface area (Å²) in [6, 6.07) is 65.1. The van der Waals surface area contributed by atoms with Gasteiger partial charge in [-0.25, -0.2) is 0 Å². The summed E-state index contributed by atoms with van der Waals surface area (Å²) in [4.78, 5) is 7.17. The maximum Gasteiger partial charge on any atom is 0.137 e. The van der Waals surface area contributed by atoms with Gasteiger partial charge in [0.05, 0.1) is 17.1 Å². The number of nitrogens with zero attached hydrogens (tertiary/aromatic N) is 2. The van der Waals surface area contributed by atoms with Gasteiger partial charge in [-0.2, -0.15) is 0 Å². The molecule has 9 aromatic rings. The SMILES string of the molecule is c1ccc(-c2ccc(N(c3ccc4c(c3)Sc3ccccc3N4c3ccc4c(c3)oc3ccccc34)c3cccc4ccccc34)cc2)cc1. The molecule has 236 valence electrons. The van der Waals surface area contributed by atoms with E-state index in [0.29, 0.717) is 0 Å². The number of fused-ring (bicyclic) bond motifs is 6. The number of hydrogen-bond acceptors (Lipinski definition) is 4. The first kappa shape index (κ1) is 28.8. The Kier molecular flexibility index (Phi) is 6.74. The minimum absolute atomic E-state index is 0.888. The highest BCUT2D eigenvalue weighted by Crippen LogP contribution is 2.53. The van der Waals surface area contributed by atoms with E-state index in [4.69, 9.17) is 4.42 Å². The van der Waals surface area contributed by atoms with Crippen molar-refractivity contribution in [1.29, 1.82) is 0 Å². The molecule has 0 aliphatic carbocycles. The van der Waals surface area contributed by atoms with Crippen LogP contribution in [0.3, 0.4) is 0 Å². The summed E-state index contributed by atoms with van der Waals surface area (Å²) in [5.74, 6) is 0. The van der Waals surface area contributed by atoms with Crippen LogP contribution in [-0.2, 0) is 0 Å². The lowest BCUT2D eigenvalue weighted by Gasteiger charge is -2.34. The number of hydrogen-bond donors (Lipinski definition) is 0. The minimum Gasteiger partial charge on any atom is -0.456 e. The van der Waals surface area contributed by atoms with Gasteiger partial charge in [-0.15, -0.1) is 0 Å². The molecule has 2 heterocycles. The second-order valence-electron chi connectivity index (χ2n) is 12.6. The standard InChI is InChI=1S/C46H30N2OS/c1-2-11-31(12-3-1)32-21-23-34(24-22-32)47(40-18-10-14-33-13-4-5-15-37(33)40)36-26-28-42-46(30-36)50-45-20-9-7-17-41(45)48(42)35-25-27-39-38-16-6-8-19-43(38)49-44(39)29-35/h1-30H. The second kappa shape index (κ2) is 11.7. The van der Waals surface area contributed by atoms with Crippen LogP contribution in [0.1, 0.15) is 0 Å². The first-order valence-corrected chi connectivity index (χ1v) is 17.7. The molecule has 0 bridgehead atoms. The third kappa shape index (κ3) is 4.76. The Bertz CT molecular complexity index is 2690. The number of furan rings is 1. The molecular formula is C46H30N2OS. The first-order valence-electron chi connectivity index (χ1n) is 16.8. The molecule has 0 saturated heterocycles. The van der Waals surface area contributed by atoms with Crippen LogP contribution < -0.4 is 9.80 Å². The molecule has 50 heavy (non-hydrogen) atoms. The smallest absolute Gasteiger partial charge is 0.137 e. The molecule has 3 nitrogen and oxygen atoms in total. The maximum atomic E-state index is 6.34. The number of benzene rings is 8. The third-order valence-electron chi connectivity index (χ3n) is 9.63. The molecule has 0 spiro atoms. The molecule has 0 atom stereocenters. The highest BCUT2D eigenvalue weighted by molar-refractivity contribution is 7.99. The quantitative estimate of drug-likeness (QED) is 0.183. The van der Waals surface area contributed by atoms with Gasteiger partial charge in [-0.3, -0.25) is 0 Å². The summed E-state index contributed by atoms with van der Waals surface area (Å²) in [6.07, 6.45) is 0. The molecule has 0 amide bonds. The van der Waals surface area contributed by atoms with Crippen molar-refractivity contribution in [3.8, 4) is 11.1 Å². The van der Waals surface area contributed by atoms with Crippen molar-refractivity contribution in [3.05, 3.63) is 182 Å². The summed E-state index contributed by atoms with van der Waals surface area (Å²) < 4.78 is 6.34. The van der Waals surface area contributed by atoms with Gasteiger partial charge in [0.2, 0.25) is 0 Å². The van der Waals surface area contributed by atoms with Crippen LogP contribution in [0.4, 0.5) is 34.1 Å². The van der Waals surface area contributed by atoms with E-state index >= 15 is 0 Å². The van der Waals surface area contributed by atoms with Gasteiger partial charge in [-0.05, 0) is 83.2 Å². The van der Waals surface area contributed by atoms with E-state index in [0.717, 1.165) is 56.1 Å². The average molecular weight is 659 g/mol. The predicted molar refractivity (Wildman–Crippen MR) is 210 cm³/mol. The van der Waals surface area contributed by atoms with Crippen LogP contribution in [-0.4, -0.2) is 0 Å². The highest BCUT2D eigenvalue weighted by Gasteiger charge is 2.27. The number of para-hydroxylation sites is 2. The van der Waals surface area contributed by atoms with Crippen molar-refractivity contribution in [2.24, 2.45) is 0 Å². The van der Waals surface area contributed by atoms with Crippen molar-refractivity contribution in [2.75, 3.05) is 9.80 Å². The van der Waals surface area contributed by atoms with E-state index in [1.54, 1.807) is 0 Å². The van der Waals surface area contributed by atoms with E-state index in [9.17, 15) is 0 Å². The molecule has 10 rings (SSSR count). The van der Waals surface area contributed by atoms with Crippen LogP contribution in [0.15, 0.2) is 196 Å². The van der Waals surface area contributed by atoms with Crippen molar-refractivity contribution in [2.45, 2.75) is 9.79 Å². The van der Waals surface area contributed by atoms with Gasteiger partial charge >= 0.3 is 0 Å². The monoisotopic (exact) mass is 658 g/mol. The lowest BCUT2D eigenvalue weighted by Crippen LogP contribution is -2.16. The Hall–Kier alpha value is -6.23. The largest absolute Gasteiger partial charge is 0.456 e. The maximum absolute atomic E-state index is 6.34. The van der Waals surface area contributed by atoms with Crippen LogP contribution in [0.2, 0.25) is 0 Å². The molecule has 0 radical (unpaired) electrons. The van der Waals surface area contributed by atoms with Gasteiger partial charge in [-0.1, -0.05) is 121 Å². The Morgan fingerprint density at radius 2 is 1.12 bits per heavy atom. The Balaban J connectivity index is 1.13. The zero-order valence-electron chi connectivity index (χ0n) is 27.0. The summed E-state index contributed by atoms with van der Waals surface area (Å²) in [5, 5.41) is 4.69. The molecular weight excluding hydrogens is 629 g/mol. The average Bonchev–Trinajstić information content (AvgIpc) is 3.56. The van der Waals surface area contributed by atoms with Crippen LogP contribution in [0.25, 0.3) is 43.8 Å². The van der Waals surface area contributed by atoms with E-state index < -0.39 is 0 Å². The van der Waals surface area contributed by atoms with Gasteiger partial charge < -0.3 is 14.2 Å². The predicted octanol–water partition coefficient (Wildman–Crippen LogP) is 13.8. The Morgan fingerprint density at radius 1 is 0.440 bits per heavy atom. The molecule has 1 aliphatic rings. The molecule has 8 aromatic carbocycles. The van der Waals surface area contributed by atoms with Crippen LogP contribution in [0, 0.1) is 0 Å². The lowest BCUT2D eigenvalue weighted by atomic mass is 10.0. The summed E-state index contributed by atoms with van der Waals surface area (Å²) in [5.41, 5.74) is 10.9. The van der Waals surface area contributed by atoms with E-state index in [1.807, 2.05) is 23.9 Å².